The van der Waals surface area contributed by atoms with Crippen LogP contribution in [-0.4, -0.2) is 18.2 Å². The molecule has 0 spiro atoms. The van der Waals surface area contributed by atoms with Gasteiger partial charge in [0.1, 0.15) is 5.75 Å². The number of nitrogens with one attached hydrogen (secondary N) is 2. The molecular formula is C26H41ClN2O2S. The summed E-state index contributed by atoms with van der Waals surface area (Å²) in [5.74, 6) is 0.504. The van der Waals surface area contributed by atoms with Crippen molar-refractivity contribution < 1.29 is 9.53 Å². The van der Waals surface area contributed by atoms with E-state index in [9.17, 15) is 4.79 Å². The molecule has 4 nitrogen and oxygen atoms in total. The standard InChI is InChI=1S/C22H31ClN2O2S.C4H10/c1-7-10-19(24)15(5)16(6)22(26)25-21(14(4)8-2)18-13-17(28-23)11-12-20(18)27-9-3;1-3-4-2/h11-13,24H,7-10H2,1-6H3,(H,25,26);3-4H2,1-2H3/b16-15+,21-14?,24-19?;. The number of carbonyl (C=O) groups excluding carboxylic acids is 1. The van der Waals surface area contributed by atoms with Crippen LogP contribution >= 0.6 is 21.7 Å². The lowest BCUT2D eigenvalue weighted by Crippen LogP contribution is -2.25. The number of halogens is 1. The van der Waals surface area contributed by atoms with Gasteiger partial charge in [-0.15, -0.1) is 0 Å². The van der Waals surface area contributed by atoms with E-state index >= 15 is 0 Å². The van der Waals surface area contributed by atoms with E-state index in [1.807, 2.05) is 52.8 Å². The normalized spacial score (nSPS) is 12.2. The number of hydrogen-bond acceptors (Lipinski definition) is 4. The summed E-state index contributed by atoms with van der Waals surface area (Å²) in [6, 6.07) is 5.71. The number of ether oxygens (including phenoxy) is 1. The first-order valence-electron chi connectivity index (χ1n) is 11.5. The summed E-state index contributed by atoms with van der Waals surface area (Å²) in [5, 5.41) is 11.2. The Balaban J connectivity index is 0.00000220. The zero-order valence-electron chi connectivity index (χ0n) is 21.1. The molecule has 180 valence electrons. The molecule has 0 bridgehead atoms. The van der Waals surface area contributed by atoms with E-state index in [1.54, 1.807) is 6.92 Å². The quantitative estimate of drug-likeness (QED) is 0.246. The summed E-state index contributed by atoms with van der Waals surface area (Å²) in [5.41, 5.74) is 4.37. The summed E-state index contributed by atoms with van der Waals surface area (Å²) in [6.45, 7) is 16.5. The van der Waals surface area contributed by atoms with Crippen LogP contribution in [0, 0.1) is 5.41 Å². The summed E-state index contributed by atoms with van der Waals surface area (Å²) in [6.07, 6.45) is 4.97. The number of rotatable bonds is 11. The third-order valence-electron chi connectivity index (χ3n) is 5.16. The zero-order chi connectivity index (χ0) is 24.7. The maximum absolute atomic E-state index is 12.9. The molecule has 0 heterocycles. The van der Waals surface area contributed by atoms with Crippen LogP contribution in [0.25, 0.3) is 5.70 Å². The molecule has 1 aromatic carbocycles. The fourth-order valence-electron chi connectivity index (χ4n) is 2.66. The van der Waals surface area contributed by atoms with Gasteiger partial charge in [-0.1, -0.05) is 47.0 Å². The van der Waals surface area contributed by atoms with Crippen molar-refractivity contribution in [1.82, 2.24) is 5.32 Å². The fraction of sp³-hybridized carbons (Fsp3) is 0.538. The average Bonchev–Trinajstić information content (AvgIpc) is 2.81. The largest absolute Gasteiger partial charge is 0.493 e. The van der Waals surface area contributed by atoms with Gasteiger partial charge in [0.25, 0.3) is 5.91 Å². The molecule has 0 aliphatic carbocycles. The highest BCUT2D eigenvalue weighted by Gasteiger charge is 2.18. The van der Waals surface area contributed by atoms with Crippen molar-refractivity contribution in [2.75, 3.05) is 6.61 Å². The second-order valence-corrected chi connectivity index (χ2v) is 8.70. The second kappa shape index (κ2) is 16.8. The summed E-state index contributed by atoms with van der Waals surface area (Å²) >= 11 is 0. The first-order chi connectivity index (χ1) is 15.2. The van der Waals surface area contributed by atoms with Crippen LogP contribution in [0.3, 0.4) is 0 Å². The van der Waals surface area contributed by atoms with E-state index in [4.69, 9.17) is 20.8 Å². The van der Waals surface area contributed by atoms with Gasteiger partial charge >= 0.3 is 0 Å². The predicted molar refractivity (Wildman–Crippen MR) is 142 cm³/mol. The minimum absolute atomic E-state index is 0.201. The lowest BCUT2D eigenvalue weighted by Gasteiger charge is -2.19. The minimum Gasteiger partial charge on any atom is -0.493 e. The number of carbonyl (C=O) groups is 1. The molecule has 0 aliphatic heterocycles. The molecule has 0 saturated heterocycles. The van der Waals surface area contributed by atoms with Crippen LogP contribution in [0.4, 0.5) is 0 Å². The molecule has 1 rings (SSSR count). The van der Waals surface area contributed by atoms with Crippen molar-refractivity contribution in [3.63, 3.8) is 0 Å². The average molecular weight is 481 g/mol. The molecule has 1 aromatic rings. The van der Waals surface area contributed by atoms with Crippen LogP contribution < -0.4 is 10.1 Å². The van der Waals surface area contributed by atoms with Crippen molar-refractivity contribution >= 4 is 39.0 Å². The highest BCUT2D eigenvalue weighted by molar-refractivity contribution is 8.21. The number of benzene rings is 1. The lowest BCUT2D eigenvalue weighted by molar-refractivity contribution is -0.116. The van der Waals surface area contributed by atoms with Crippen molar-refractivity contribution in [3.8, 4) is 5.75 Å². The molecule has 0 aromatic heterocycles. The maximum atomic E-state index is 12.9. The summed E-state index contributed by atoms with van der Waals surface area (Å²) < 4.78 is 5.79. The molecule has 0 atom stereocenters. The van der Waals surface area contributed by atoms with Gasteiger partial charge in [-0.3, -0.25) is 4.79 Å². The smallest absolute Gasteiger partial charge is 0.251 e. The minimum atomic E-state index is -0.201. The highest BCUT2D eigenvalue weighted by atomic mass is 35.7. The van der Waals surface area contributed by atoms with Crippen molar-refractivity contribution in [1.29, 1.82) is 5.41 Å². The monoisotopic (exact) mass is 480 g/mol. The fourth-order valence-corrected chi connectivity index (χ4v) is 3.23. The highest BCUT2D eigenvalue weighted by Crippen LogP contribution is 2.33. The van der Waals surface area contributed by atoms with Gasteiger partial charge < -0.3 is 15.5 Å². The van der Waals surface area contributed by atoms with E-state index in [-0.39, 0.29) is 5.91 Å². The van der Waals surface area contributed by atoms with Gasteiger partial charge in [0.05, 0.1) is 12.3 Å². The third kappa shape index (κ3) is 9.83. The Hall–Kier alpha value is -1.72. The van der Waals surface area contributed by atoms with Crippen molar-refractivity contribution in [2.45, 2.75) is 92.4 Å². The Bertz CT molecular complexity index is 814. The lowest BCUT2D eigenvalue weighted by atomic mass is 10.0. The van der Waals surface area contributed by atoms with Crippen molar-refractivity contribution in [2.24, 2.45) is 0 Å². The molecule has 2 N–H and O–H groups in total. The van der Waals surface area contributed by atoms with E-state index < -0.39 is 0 Å². The predicted octanol–water partition coefficient (Wildman–Crippen LogP) is 8.55. The number of allylic oxidation sites excluding steroid dienone is 2. The zero-order valence-corrected chi connectivity index (χ0v) is 22.6. The first-order valence-corrected chi connectivity index (χ1v) is 13.2. The third-order valence-corrected chi connectivity index (χ3v) is 6.13. The van der Waals surface area contributed by atoms with Gasteiger partial charge in [0.2, 0.25) is 0 Å². The number of unbranched alkanes of at least 4 members (excludes halogenated alkanes) is 1. The van der Waals surface area contributed by atoms with Crippen molar-refractivity contribution in [3.05, 3.63) is 40.5 Å². The van der Waals surface area contributed by atoms with E-state index in [0.717, 1.165) is 51.1 Å². The Labute approximate surface area is 204 Å². The molecule has 6 heteroatoms. The summed E-state index contributed by atoms with van der Waals surface area (Å²) in [7, 11) is 7.08. The molecule has 0 radical (unpaired) electrons. The maximum Gasteiger partial charge on any atom is 0.251 e. The van der Waals surface area contributed by atoms with Gasteiger partial charge in [-0.2, -0.15) is 0 Å². The SMILES string of the molecule is CCCC.CCCC(=N)/C(C)=C(\C)C(=O)NC(=C(C)CC)c1cc(SCl)ccc1OCC. The Kier molecular flexibility index (Phi) is 15.9. The van der Waals surface area contributed by atoms with Gasteiger partial charge in [-0.05, 0) is 91.5 Å². The Morgan fingerprint density at radius 1 is 1.03 bits per heavy atom. The van der Waals surface area contributed by atoms with Crippen LogP contribution in [0.1, 0.15) is 93.1 Å². The molecule has 0 fully saturated rings. The van der Waals surface area contributed by atoms with Gasteiger partial charge in [-0.25, -0.2) is 0 Å². The molecule has 0 aliphatic rings. The van der Waals surface area contributed by atoms with Crippen LogP contribution in [-0.2, 0) is 4.79 Å². The molecule has 0 unspecified atom stereocenters. The second-order valence-electron chi connectivity index (χ2n) is 7.61. The van der Waals surface area contributed by atoms with Gasteiger partial charge in [0.15, 0.2) is 0 Å². The molecular weight excluding hydrogens is 440 g/mol. The Morgan fingerprint density at radius 3 is 2.12 bits per heavy atom. The number of amides is 1. The topological polar surface area (TPSA) is 62.2 Å². The van der Waals surface area contributed by atoms with E-state index in [1.165, 1.54) is 12.8 Å². The number of hydrogen-bond donors (Lipinski definition) is 2. The van der Waals surface area contributed by atoms with E-state index in [0.29, 0.717) is 30.1 Å². The first kappa shape index (κ1) is 30.3. The van der Waals surface area contributed by atoms with E-state index in [2.05, 4.69) is 19.2 Å². The van der Waals surface area contributed by atoms with Gasteiger partial charge in [0, 0.05) is 21.7 Å². The molecule has 1 amide bonds. The van der Waals surface area contributed by atoms with Crippen LogP contribution in [0.15, 0.2) is 39.8 Å². The van der Waals surface area contributed by atoms with Crippen LogP contribution in [0.2, 0.25) is 0 Å². The summed E-state index contributed by atoms with van der Waals surface area (Å²) in [4.78, 5) is 13.8. The molecule has 0 saturated carbocycles. The molecule has 32 heavy (non-hydrogen) atoms. The van der Waals surface area contributed by atoms with Crippen LogP contribution in [0.5, 0.6) is 5.75 Å². The Morgan fingerprint density at radius 2 is 1.66 bits per heavy atom.